The van der Waals surface area contributed by atoms with Crippen molar-refractivity contribution in [3.05, 3.63) is 0 Å². The number of imide groups is 1. The highest BCUT2D eigenvalue weighted by molar-refractivity contribution is 7.82. The van der Waals surface area contributed by atoms with Crippen molar-refractivity contribution < 1.29 is 9.59 Å². The third-order valence-electron chi connectivity index (χ3n) is 2.27. The summed E-state index contributed by atoms with van der Waals surface area (Å²) in [4.78, 5) is 23.1. The van der Waals surface area contributed by atoms with Crippen LogP contribution in [-0.2, 0) is 4.79 Å². The van der Waals surface area contributed by atoms with Crippen LogP contribution in [0.15, 0.2) is 0 Å². The molecule has 0 aromatic rings. The number of amides is 3. The fourth-order valence-corrected chi connectivity index (χ4v) is 1.48. The van der Waals surface area contributed by atoms with Crippen molar-refractivity contribution in [2.75, 3.05) is 6.54 Å². The average molecular weight is 202 g/mol. The van der Waals surface area contributed by atoms with E-state index in [1.54, 1.807) is 6.92 Å². The van der Waals surface area contributed by atoms with Crippen molar-refractivity contribution in [3.8, 4) is 0 Å². The number of hydrogen-bond donors (Lipinski definition) is 2. The van der Waals surface area contributed by atoms with Crippen LogP contribution in [0, 0.1) is 5.92 Å². The van der Waals surface area contributed by atoms with E-state index in [1.807, 2.05) is 13.8 Å². The lowest BCUT2D eigenvalue weighted by molar-refractivity contribution is -0.129. The molecular formula is C8H14N2O2S. The van der Waals surface area contributed by atoms with Crippen LogP contribution in [0.4, 0.5) is 4.79 Å². The zero-order chi connectivity index (χ0) is 10.2. The molecule has 74 valence electrons. The molecule has 13 heavy (non-hydrogen) atoms. The zero-order valence-corrected chi connectivity index (χ0v) is 8.89. The fraction of sp³-hybridized carbons (Fsp3) is 0.750. The molecule has 1 N–H and O–H groups in total. The maximum Gasteiger partial charge on any atom is 0.325 e. The van der Waals surface area contributed by atoms with Gasteiger partial charge in [-0.15, -0.1) is 12.6 Å². The smallest absolute Gasteiger partial charge is 0.315 e. The minimum absolute atomic E-state index is 0.0242. The molecule has 0 spiro atoms. The number of nitrogens with zero attached hydrogens (tertiary/aromatic N) is 1. The van der Waals surface area contributed by atoms with Crippen molar-refractivity contribution in [1.82, 2.24) is 10.2 Å². The Hall–Kier alpha value is -0.710. The van der Waals surface area contributed by atoms with Gasteiger partial charge in [-0.1, -0.05) is 13.8 Å². The number of nitrogens with one attached hydrogen (secondary N) is 1. The highest BCUT2D eigenvalue weighted by Gasteiger charge is 2.50. The van der Waals surface area contributed by atoms with Crippen LogP contribution in [0.2, 0.25) is 0 Å². The number of hydrogen-bond acceptors (Lipinski definition) is 3. The Balaban J connectivity index is 2.96. The number of likely N-dealkylation sites (N-methyl/N-ethyl adjacent to an activating group) is 1. The van der Waals surface area contributed by atoms with Crippen molar-refractivity contribution in [2.45, 2.75) is 25.6 Å². The normalized spacial score (nSPS) is 28.5. The highest BCUT2D eigenvalue weighted by Crippen LogP contribution is 2.29. The first kappa shape index (κ1) is 10.4. The van der Waals surface area contributed by atoms with Gasteiger partial charge in [0.15, 0.2) is 4.87 Å². The second-order valence-corrected chi connectivity index (χ2v) is 4.11. The summed E-state index contributed by atoms with van der Waals surface area (Å²) in [5.74, 6) is -0.276. The number of rotatable bonds is 2. The lowest BCUT2D eigenvalue weighted by atomic mass is 10.0. The van der Waals surface area contributed by atoms with Gasteiger partial charge in [0.25, 0.3) is 5.91 Å². The van der Waals surface area contributed by atoms with Gasteiger partial charge in [0.1, 0.15) is 0 Å². The van der Waals surface area contributed by atoms with Gasteiger partial charge < -0.3 is 5.32 Å². The molecule has 1 heterocycles. The minimum Gasteiger partial charge on any atom is -0.315 e. The van der Waals surface area contributed by atoms with Crippen LogP contribution >= 0.6 is 12.6 Å². The molecule has 1 rings (SSSR count). The first-order valence-corrected chi connectivity index (χ1v) is 4.74. The maximum atomic E-state index is 11.7. The largest absolute Gasteiger partial charge is 0.325 e. The molecule has 1 atom stereocenters. The highest BCUT2D eigenvalue weighted by atomic mass is 32.1. The molecule has 0 bridgehead atoms. The summed E-state index contributed by atoms with van der Waals surface area (Å²) in [5.41, 5.74) is 0. The van der Waals surface area contributed by atoms with Crippen molar-refractivity contribution in [1.29, 1.82) is 0 Å². The lowest BCUT2D eigenvalue weighted by Gasteiger charge is -2.24. The van der Waals surface area contributed by atoms with E-state index < -0.39 is 4.87 Å². The van der Waals surface area contributed by atoms with Crippen molar-refractivity contribution in [2.24, 2.45) is 5.92 Å². The Bertz CT molecular complexity index is 255. The minimum atomic E-state index is -1.02. The van der Waals surface area contributed by atoms with Gasteiger partial charge in [0.05, 0.1) is 0 Å². The molecule has 4 nitrogen and oxygen atoms in total. The molecule has 1 aliphatic heterocycles. The quantitative estimate of drug-likeness (QED) is 0.515. The molecule has 0 aliphatic carbocycles. The first-order valence-electron chi connectivity index (χ1n) is 4.30. The van der Waals surface area contributed by atoms with E-state index in [9.17, 15) is 9.59 Å². The van der Waals surface area contributed by atoms with Crippen LogP contribution in [0.25, 0.3) is 0 Å². The molecule has 3 amide bonds. The Morgan fingerprint density at radius 2 is 2.08 bits per heavy atom. The molecule has 0 radical (unpaired) electrons. The van der Waals surface area contributed by atoms with Crippen LogP contribution in [0.3, 0.4) is 0 Å². The molecule has 1 saturated heterocycles. The van der Waals surface area contributed by atoms with Crippen LogP contribution in [-0.4, -0.2) is 28.3 Å². The molecule has 0 aromatic heterocycles. The summed E-state index contributed by atoms with van der Waals surface area (Å²) in [6.07, 6.45) is 0. The number of carbonyl (C=O) groups excluding carboxylic acids is 2. The summed E-state index contributed by atoms with van der Waals surface area (Å²) >= 11 is 4.22. The van der Waals surface area contributed by atoms with Gasteiger partial charge in [-0.05, 0) is 12.8 Å². The molecule has 5 heteroatoms. The lowest BCUT2D eigenvalue weighted by Crippen LogP contribution is -2.46. The molecular weight excluding hydrogens is 188 g/mol. The van der Waals surface area contributed by atoms with Crippen molar-refractivity contribution >= 4 is 24.6 Å². The van der Waals surface area contributed by atoms with Gasteiger partial charge in [-0.2, -0.15) is 0 Å². The monoisotopic (exact) mass is 202 g/mol. The van der Waals surface area contributed by atoms with Gasteiger partial charge in [0, 0.05) is 6.54 Å². The van der Waals surface area contributed by atoms with Crippen LogP contribution in [0.1, 0.15) is 20.8 Å². The predicted octanol–water partition coefficient (Wildman–Crippen LogP) is 0.840. The molecule has 1 unspecified atom stereocenters. The molecule has 0 saturated carbocycles. The third kappa shape index (κ3) is 1.41. The Morgan fingerprint density at radius 1 is 1.54 bits per heavy atom. The summed E-state index contributed by atoms with van der Waals surface area (Å²) < 4.78 is 0. The van der Waals surface area contributed by atoms with E-state index in [-0.39, 0.29) is 17.9 Å². The van der Waals surface area contributed by atoms with E-state index >= 15 is 0 Å². The Labute approximate surface area is 83.1 Å². The zero-order valence-electron chi connectivity index (χ0n) is 8.00. The molecule has 1 fully saturated rings. The average Bonchev–Trinajstić information content (AvgIpc) is 2.25. The van der Waals surface area contributed by atoms with E-state index in [0.717, 1.165) is 0 Å². The standard InChI is InChI=1S/C8H14N2O2S/c1-4-10-6(11)8(13,5(2)3)9-7(10)12/h5,13H,4H2,1-3H3,(H,9,12). The Morgan fingerprint density at radius 3 is 2.31 bits per heavy atom. The van der Waals surface area contributed by atoms with Crippen LogP contribution < -0.4 is 5.32 Å². The number of urea groups is 1. The van der Waals surface area contributed by atoms with Gasteiger partial charge in [0.2, 0.25) is 0 Å². The topological polar surface area (TPSA) is 49.4 Å². The summed E-state index contributed by atoms with van der Waals surface area (Å²) in [7, 11) is 0. The Kier molecular flexibility index (Phi) is 2.56. The second kappa shape index (κ2) is 3.21. The predicted molar refractivity (Wildman–Crippen MR) is 52.5 cm³/mol. The summed E-state index contributed by atoms with van der Waals surface area (Å²) in [6, 6.07) is -0.351. The first-order chi connectivity index (χ1) is 5.93. The second-order valence-electron chi connectivity index (χ2n) is 3.40. The van der Waals surface area contributed by atoms with Gasteiger partial charge in [-0.3, -0.25) is 9.69 Å². The number of carbonyl (C=O) groups is 2. The van der Waals surface area contributed by atoms with Gasteiger partial charge >= 0.3 is 6.03 Å². The summed E-state index contributed by atoms with van der Waals surface area (Å²) in [5, 5.41) is 2.58. The molecule has 0 aromatic carbocycles. The summed E-state index contributed by atoms with van der Waals surface area (Å²) in [6.45, 7) is 5.85. The van der Waals surface area contributed by atoms with E-state index in [0.29, 0.717) is 6.54 Å². The maximum absolute atomic E-state index is 11.7. The van der Waals surface area contributed by atoms with Gasteiger partial charge in [-0.25, -0.2) is 4.79 Å². The van der Waals surface area contributed by atoms with E-state index in [4.69, 9.17) is 0 Å². The van der Waals surface area contributed by atoms with Crippen molar-refractivity contribution in [3.63, 3.8) is 0 Å². The third-order valence-corrected chi connectivity index (χ3v) is 3.09. The molecule has 1 aliphatic rings. The van der Waals surface area contributed by atoms with Crippen LogP contribution in [0.5, 0.6) is 0 Å². The fourth-order valence-electron chi connectivity index (χ4n) is 1.26. The SMILES string of the molecule is CCN1C(=O)NC(S)(C(C)C)C1=O. The van der Waals surface area contributed by atoms with E-state index in [1.165, 1.54) is 4.90 Å². The number of thiol groups is 1. The van der Waals surface area contributed by atoms with E-state index in [2.05, 4.69) is 17.9 Å².